The summed E-state index contributed by atoms with van der Waals surface area (Å²) >= 11 is 0. The molecule has 2 rings (SSSR count). The molecule has 1 aliphatic heterocycles. The van der Waals surface area contributed by atoms with E-state index in [0.29, 0.717) is 12.5 Å². The molecule has 0 amide bonds. The summed E-state index contributed by atoms with van der Waals surface area (Å²) in [5.41, 5.74) is 0.508. The van der Waals surface area contributed by atoms with E-state index in [-0.39, 0.29) is 0 Å². The second kappa shape index (κ2) is 6.59. The van der Waals surface area contributed by atoms with Gasteiger partial charge in [-0.05, 0) is 51.3 Å². The van der Waals surface area contributed by atoms with Gasteiger partial charge >= 0.3 is 0 Å². The third kappa shape index (κ3) is 3.74. The Morgan fingerprint density at radius 3 is 2.70 bits per heavy atom. The molecule has 1 aliphatic rings. The van der Waals surface area contributed by atoms with Gasteiger partial charge in [0, 0.05) is 19.0 Å². The van der Waals surface area contributed by atoms with Gasteiger partial charge in [0.15, 0.2) is 0 Å². The summed E-state index contributed by atoms with van der Waals surface area (Å²) in [7, 11) is 1.69. The zero-order valence-electron chi connectivity index (χ0n) is 12.9. The molecule has 1 aromatic carbocycles. The van der Waals surface area contributed by atoms with Crippen LogP contribution >= 0.6 is 0 Å². The molecule has 1 aromatic rings. The average Bonchev–Trinajstić information content (AvgIpc) is 2.61. The number of nitrogens with zero attached hydrogens (tertiary/aromatic N) is 1. The molecular formula is C17H27NO2. The lowest BCUT2D eigenvalue weighted by molar-refractivity contribution is 0.0244. The van der Waals surface area contributed by atoms with Gasteiger partial charge in [0.25, 0.3) is 0 Å². The molecule has 0 radical (unpaired) electrons. The number of likely N-dealkylation sites (tertiary alicyclic amines) is 1. The van der Waals surface area contributed by atoms with Gasteiger partial charge in [-0.1, -0.05) is 18.2 Å². The number of para-hydroxylation sites is 1. The maximum Gasteiger partial charge on any atom is 0.122 e. The van der Waals surface area contributed by atoms with E-state index < -0.39 is 5.60 Å². The molecule has 1 atom stereocenters. The monoisotopic (exact) mass is 277 g/mol. The highest BCUT2D eigenvalue weighted by atomic mass is 16.5. The lowest BCUT2D eigenvalue weighted by Crippen LogP contribution is -2.35. The summed E-state index contributed by atoms with van der Waals surface area (Å²) in [6.45, 7) is 6.52. The number of methoxy groups -OCH3 is 1. The molecule has 20 heavy (non-hydrogen) atoms. The second-order valence-corrected chi connectivity index (χ2v) is 6.20. The number of hydrogen-bond acceptors (Lipinski definition) is 3. The van der Waals surface area contributed by atoms with Crippen molar-refractivity contribution in [2.24, 2.45) is 0 Å². The topological polar surface area (TPSA) is 32.7 Å². The van der Waals surface area contributed by atoms with Crippen LogP contribution < -0.4 is 4.74 Å². The fourth-order valence-corrected chi connectivity index (χ4v) is 3.10. The van der Waals surface area contributed by atoms with E-state index in [2.05, 4.69) is 24.8 Å². The van der Waals surface area contributed by atoms with Crippen LogP contribution in [0.25, 0.3) is 0 Å². The zero-order chi connectivity index (χ0) is 14.6. The van der Waals surface area contributed by atoms with Crippen LogP contribution in [0.2, 0.25) is 0 Å². The normalized spacial score (nSPS) is 24.6. The van der Waals surface area contributed by atoms with Crippen molar-refractivity contribution in [2.45, 2.75) is 51.2 Å². The summed E-state index contributed by atoms with van der Waals surface area (Å²) in [6.07, 6.45) is 3.45. The predicted octanol–water partition coefficient (Wildman–Crippen LogP) is 2.86. The molecule has 3 heteroatoms. The van der Waals surface area contributed by atoms with Crippen molar-refractivity contribution >= 4 is 0 Å². The van der Waals surface area contributed by atoms with Crippen LogP contribution in [-0.2, 0) is 6.42 Å². The third-order valence-corrected chi connectivity index (χ3v) is 4.39. The van der Waals surface area contributed by atoms with Crippen molar-refractivity contribution in [3.8, 4) is 5.75 Å². The number of hydrogen-bond donors (Lipinski definition) is 1. The Hall–Kier alpha value is -1.06. The van der Waals surface area contributed by atoms with Gasteiger partial charge in [-0.2, -0.15) is 0 Å². The largest absolute Gasteiger partial charge is 0.496 e. The standard InChI is InChI=1S/C17H27NO2/c1-14(2)18-11-6-9-17(19,10-12-18)13-15-7-4-5-8-16(15)20-3/h4-5,7-8,14,19H,6,9-13H2,1-3H3. The zero-order valence-corrected chi connectivity index (χ0v) is 12.9. The summed E-state index contributed by atoms with van der Waals surface area (Å²) in [6, 6.07) is 8.57. The maximum absolute atomic E-state index is 10.9. The Labute approximate surface area is 122 Å². The molecule has 0 bridgehead atoms. The van der Waals surface area contributed by atoms with E-state index in [9.17, 15) is 5.11 Å². The number of aliphatic hydroxyl groups is 1. The van der Waals surface area contributed by atoms with Gasteiger partial charge in [0.05, 0.1) is 12.7 Å². The van der Waals surface area contributed by atoms with Gasteiger partial charge in [0.2, 0.25) is 0 Å². The van der Waals surface area contributed by atoms with Crippen LogP contribution in [0, 0.1) is 0 Å². The summed E-state index contributed by atoms with van der Waals surface area (Å²) < 4.78 is 5.40. The van der Waals surface area contributed by atoms with E-state index in [1.54, 1.807) is 7.11 Å². The first-order chi connectivity index (χ1) is 9.54. The Balaban J connectivity index is 2.07. The molecule has 0 spiro atoms. The molecule has 0 saturated carbocycles. The van der Waals surface area contributed by atoms with Gasteiger partial charge in [-0.3, -0.25) is 0 Å². The molecule has 1 fully saturated rings. The van der Waals surface area contributed by atoms with E-state index in [4.69, 9.17) is 4.74 Å². The summed E-state index contributed by atoms with van der Waals surface area (Å²) in [5, 5.41) is 10.9. The quantitative estimate of drug-likeness (QED) is 0.918. The minimum atomic E-state index is -0.599. The van der Waals surface area contributed by atoms with Crippen LogP contribution in [0.4, 0.5) is 0 Å². The Bertz CT molecular complexity index is 433. The molecule has 112 valence electrons. The smallest absolute Gasteiger partial charge is 0.122 e. The van der Waals surface area contributed by atoms with Crippen molar-refractivity contribution in [1.29, 1.82) is 0 Å². The van der Waals surface area contributed by atoms with E-state index in [1.165, 1.54) is 0 Å². The molecular weight excluding hydrogens is 250 g/mol. The molecule has 1 saturated heterocycles. The van der Waals surface area contributed by atoms with E-state index in [1.807, 2.05) is 18.2 Å². The molecule has 0 aromatic heterocycles. The Morgan fingerprint density at radius 1 is 1.25 bits per heavy atom. The van der Waals surface area contributed by atoms with Crippen LogP contribution in [0.15, 0.2) is 24.3 Å². The highest BCUT2D eigenvalue weighted by Gasteiger charge is 2.31. The lowest BCUT2D eigenvalue weighted by atomic mass is 9.87. The lowest BCUT2D eigenvalue weighted by Gasteiger charge is -2.28. The molecule has 1 N–H and O–H groups in total. The second-order valence-electron chi connectivity index (χ2n) is 6.20. The molecule has 1 unspecified atom stereocenters. The maximum atomic E-state index is 10.9. The van der Waals surface area contributed by atoms with Crippen LogP contribution in [0.5, 0.6) is 5.75 Å². The average molecular weight is 277 g/mol. The van der Waals surface area contributed by atoms with E-state index >= 15 is 0 Å². The third-order valence-electron chi connectivity index (χ3n) is 4.39. The molecule has 0 aliphatic carbocycles. The SMILES string of the molecule is COc1ccccc1CC1(O)CCCN(C(C)C)CC1. The van der Waals surface area contributed by atoms with Gasteiger partial charge < -0.3 is 14.7 Å². The van der Waals surface area contributed by atoms with Crippen molar-refractivity contribution in [2.75, 3.05) is 20.2 Å². The van der Waals surface area contributed by atoms with Gasteiger partial charge in [-0.15, -0.1) is 0 Å². The number of benzene rings is 1. The molecule has 3 nitrogen and oxygen atoms in total. The highest BCUT2D eigenvalue weighted by Crippen LogP contribution is 2.30. The Morgan fingerprint density at radius 2 is 2.00 bits per heavy atom. The van der Waals surface area contributed by atoms with Gasteiger partial charge in [0.1, 0.15) is 5.75 Å². The van der Waals surface area contributed by atoms with Gasteiger partial charge in [-0.25, -0.2) is 0 Å². The summed E-state index contributed by atoms with van der Waals surface area (Å²) in [4.78, 5) is 2.46. The minimum absolute atomic E-state index is 0.559. The number of rotatable bonds is 4. The first kappa shape index (κ1) is 15.3. The minimum Gasteiger partial charge on any atom is -0.496 e. The van der Waals surface area contributed by atoms with Crippen molar-refractivity contribution in [3.63, 3.8) is 0 Å². The summed E-state index contributed by atoms with van der Waals surface area (Å²) in [5.74, 6) is 0.880. The first-order valence-electron chi connectivity index (χ1n) is 7.62. The first-order valence-corrected chi connectivity index (χ1v) is 7.62. The van der Waals surface area contributed by atoms with Crippen molar-refractivity contribution in [3.05, 3.63) is 29.8 Å². The Kier molecular flexibility index (Phi) is 5.06. The predicted molar refractivity (Wildman–Crippen MR) is 82.2 cm³/mol. The van der Waals surface area contributed by atoms with Crippen molar-refractivity contribution in [1.82, 2.24) is 4.90 Å². The fraction of sp³-hybridized carbons (Fsp3) is 0.647. The van der Waals surface area contributed by atoms with Crippen LogP contribution in [0.3, 0.4) is 0 Å². The highest BCUT2D eigenvalue weighted by molar-refractivity contribution is 5.34. The van der Waals surface area contributed by atoms with Crippen LogP contribution in [-0.4, -0.2) is 41.8 Å². The molecule has 1 heterocycles. The van der Waals surface area contributed by atoms with E-state index in [0.717, 1.165) is 43.7 Å². The number of ether oxygens (including phenoxy) is 1. The van der Waals surface area contributed by atoms with Crippen molar-refractivity contribution < 1.29 is 9.84 Å². The fourth-order valence-electron chi connectivity index (χ4n) is 3.10. The van der Waals surface area contributed by atoms with Crippen LogP contribution in [0.1, 0.15) is 38.7 Å².